The van der Waals surface area contributed by atoms with E-state index in [-0.39, 0.29) is 12.4 Å². The van der Waals surface area contributed by atoms with Gasteiger partial charge in [0.25, 0.3) is 5.82 Å². The molecule has 0 aromatic carbocycles. The van der Waals surface area contributed by atoms with E-state index < -0.39 is 12.1 Å². The zero-order valence-electron chi connectivity index (χ0n) is 8.75. The number of hydrogen-bond acceptors (Lipinski definition) is 6. The van der Waals surface area contributed by atoms with Gasteiger partial charge in [-0.3, -0.25) is 0 Å². The minimum Gasteiger partial charge on any atom is -0.460 e. The molecule has 0 amide bonds. The van der Waals surface area contributed by atoms with Crippen LogP contribution < -0.4 is 0 Å². The highest BCUT2D eigenvalue weighted by molar-refractivity contribution is 5.85. The van der Waals surface area contributed by atoms with Gasteiger partial charge in [-0.15, -0.1) is 5.10 Å². The van der Waals surface area contributed by atoms with Crippen LogP contribution in [0.3, 0.4) is 0 Å². The molecule has 7 heteroatoms. The third-order valence-corrected chi connectivity index (χ3v) is 1.75. The predicted molar refractivity (Wildman–Crippen MR) is 50.1 cm³/mol. The SMILES string of the molecule is CCOC(=O)c1nnnn1CCC(C)O. The third kappa shape index (κ3) is 3.28. The number of aromatic nitrogens is 4. The summed E-state index contributed by atoms with van der Waals surface area (Å²) in [5.74, 6) is -0.481. The van der Waals surface area contributed by atoms with Crippen molar-refractivity contribution in [2.45, 2.75) is 32.9 Å². The fourth-order valence-corrected chi connectivity index (χ4v) is 1.01. The molecule has 1 atom stereocenters. The normalized spacial score (nSPS) is 12.5. The van der Waals surface area contributed by atoms with Crippen LogP contribution in [-0.2, 0) is 11.3 Å². The monoisotopic (exact) mass is 214 g/mol. The zero-order valence-corrected chi connectivity index (χ0v) is 8.75. The number of aryl methyl sites for hydroxylation is 1. The molecule has 0 fully saturated rings. The van der Waals surface area contributed by atoms with Crippen molar-refractivity contribution in [2.75, 3.05) is 6.61 Å². The van der Waals surface area contributed by atoms with E-state index in [4.69, 9.17) is 9.84 Å². The second-order valence-corrected chi connectivity index (χ2v) is 3.08. The van der Waals surface area contributed by atoms with Gasteiger partial charge in [0.1, 0.15) is 0 Å². The van der Waals surface area contributed by atoms with Crippen LogP contribution in [0.1, 0.15) is 30.9 Å². The number of tetrazole rings is 1. The van der Waals surface area contributed by atoms with Crippen LogP contribution in [0.15, 0.2) is 0 Å². The predicted octanol–water partition coefficient (Wildman–Crippen LogP) is -0.379. The van der Waals surface area contributed by atoms with Crippen LogP contribution in [0, 0.1) is 0 Å². The maximum absolute atomic E-state index is 11.3. The number of aliphatic hydroxyl groups is 1. The fraction of sp³-hybridized carbons (Fsp3) is 0.750. The smallest absolute Gasteiger partial charge is 0.378 e. The number of nitrogens with zero attached hydrogens (tertiary/aromatic N) is 4. The van der Waals surface area contributed by atoms with E-state index in [0.717, 1.165) is 0 Å². The Morgan fingerprint density at radius 1 is 1.67 bits per heavy atom. The molecule has 0 saturated carbocycles. The first kappa shape index (κ1) is 11.6. The maximum atomic E-state index is 11.3. The minimum absolute atomic E-state index is 0.0671. The zero-order chi connectivity index (χ0) is 11.3. The lowest BCUT2D eigenvalue weighted by molar-refractivity contribution is 0.0502. The summed E-state index contributed by atoms with van der Waals surface area (Å²) < 4.78 is 6.09. The van der Waals surface area contributed by atoms with E-state index in [1.807, 2.05) is 0 Å². The van der Waals surface area contributed by atoms with Gasteiger partial charge in [0.2, 0.25) is 0 Å². The van der Waals surface area contributed by atoms with Gasteiger partial charge in [-0.2, -0.15) is 0 Å². The van der Waals surface area contributed by atoms with Crippen LogP contribution in [0.25, 0.3) is 0 Å². The molecule has 1 rings (SSSR count). The van der Waals surface area contributed by atoms with Crippen LogP contribution in [-0.4, -0.2) is 44.0 Å². The number of ether oxygens (including phenoxy) is 1. The summed E-state index contributed by atoms with van der Waals surface area (Å²) in [6.07, 6.45) is 0.0292. The van der Waals surface area contributed by atoms with Gasteiger partial charge in [0, 0.05) is 6.54 Å². The van der Waals surface area contributed by atoms with Crippen molar-refractivity contribution in [2.24, 2.45) is 0 Å². The summed E-state index contributed by atoms with van der Waals surface area (Å²) >= 11 is 0. The molecule has 1 N–H and O–H groups in total. The van der Waals surface area contributed by atoms with Crippen LogP contribution >= 0.6 is 0 Å². The highest BCUT2D eigenvalue weighted by Crippen LogP contribution is 1.99. The Morgan fingerprint density at radius 3 is 3.00 bits per heavy atom. The van der Waals surface area contributed by atoms with Gasteiger partial charge in [0.15, 0.2) is 0 Å². The summed E-state index contributed by atoms with van der Waals surface area (Å²) in [5.41, 5.74) is 0. The summed E-state index contributed by atoms with van der Waals surface area (Å²) in [7, 11) is 0. The molecule has 0 aliphatic heterocycles. The average molecular weight is 214 g/mol. The second-order valence-electron chi connectivity index (χ2n) is 3.08. The first-order chi connectivity index (χ1) is 7.15. The van der Waals surface area contributed by atoms with Crippen molar-refractivity contribution in [1.82, 2.24) is 20.2 Å². The Balaban J connectivity index is 2.64. The van der Waals surface area contributed by atoms with Crippen LogP contribution in [0.4, 0.5) is 0 Å². The van der Waals surface area contributed by atoms with E-state index in [1.54, 1.807) is 13.8 Å². The average Bonchev–Trinajstić information content (AvgIpc) is 2.62. The van der Waals surface area contributed by atoms with Crippen molar-refractivity contribution >= 4 is 5.97 Å². The third-order valence-electron chi connectivity index (χ3n) is 1.75. The van der Waals surface area contributed by atoms with Gasteiger partial charge in [0.05, 0.1) is 12.7 Å². The lowest BCUT2D eigenvalue weighted by atomic mass is 10.3. The highest BCUT2D eigenvalue weighted by Gasteiger charge is 2.16. The summed E-state index contributed by atoms with van der Waals surface area (Å²) in [4.78, 5) is 11.3. The molecule has 1 aromatic rings. The van der Waals surface area contributed by atoms with Crippen molar-refractivity contribution < 1.29 is 14.6 Å². The quantitative estimate of drug-likeness (QED) is 0.672. The lowest BCUT2D eigenvalue weighted by Crippen LogP contribution is -2.16. The molecule has 0 radical (unpaired) electrons. The topological polar surface area (TPSA) is 90.1 Å². The summed E-state index contributed by atoms with van der Waals surface area (Å²) in [6, 6.07) is 0. The van der Waals surface area contributed by atoms with E-state index in [0.29, 0.717) is 13.0 Å². The minimum atomic E-state index is -0.548. The molecule has 0 saturated heterocycles. The molecule has 1 aromatic heterocycles. The van der Waals surface area contributed by atoms with E-state index >= 15 is 0 Å². The molecular formula is C8H14N4O3. The van der Waals surface area contributed by atoms with Gasteiger partial charge in [-0.25, -0.2) is 9.48 Å². The van der Waals surface area contributed by atoms with Crippen molar-refractivity contribution in [3.63, 3.8) is 0 Å². The molecule has 1 heterocycles. The van der Waals surface area contributed by atoms with Crippen molar-refractivity contribution in [3.05, 3.63) is 5.82 Å². The van der Waals surface area contributed by atoms with E-state index in [2.05, 4.69) is 15.5 Å². The Kier molecular flexibility index (Phi) is 4.17. The molecule has 1 unspecified atom stereocenters. The highest BCUT2D eigenvalue weighted by atomic mass is 16.5. The van der Waals surface area contributed by atoms with Gasteiger partial charge in [-0.05, 0) is 30.7 Å². The molecule has 7 nitrogen and oxygen atoms in total. The van der Waals surface area contributed by atoms with Gasteiger partial charge < -0.3 is 9.84 Å². The number of carbonyl (C=O) groups is 1. The largest absolute Gasteiger partial charge is 0.460 e. The van der Waals surface area contributed by atoms with Crippen molar-refractivity contribution in [3.8, 4) is 0 Å². The van der Waals surface area contributed by atoms with Crippen molar-refractivity contribution in [1.29, 1.82) is 0 Å². The number of rotatable bonds is 5. The Bertz CT molecular complexity index is 323. The maximum Gasteiger partial charge on any atom is 0.378 e. The number of hydrogen-bond donors (Lipinski definition) is 1. The molecule has 15 heavy (non-hydrogen) atoms. The van der Waals surface area contributed by atoms with Gasteiger partial charge in [-0.1, -0.05) is 0 Å². The van der Waals surface area contributed by atoms with E-state index in [9.17, 15) is 4.79 Å². The molecular weight excluding hydrogens is 200 g/mol. The Morgan fingerprint density at radius 2 is 2.40 bits per heavy atom. The van der Waals surface area contributed by atoms with Crippen LogP contribution in [0.2, 0.25) is 0 Å². The second kappa shape index (κ2) is 5.40. The van der Waals surface area contributed by atoms with Gasteiger partial charge >= 0.3 is 5.97 Å². The number of aliphatic hydroxyl groups excluding tert-OH is 1. The number of esters is 1. The molecule has 84 valence electrons. The van der Waals surface area contributed by atoms with Crippen LogP contribution in [0.5, 0.6) is 0 Å². The molecule has 0 spiro atoms. The number of carbonyl (C=O) groups excluding carboxylic acids is 1. The molecule has 0 bridgehead atoms. The summed E-state index contributed by atoms with van der Waals surface area (Å²) in [6.45, 7) is 4.04. The standard InChI is InChI=1S/C8H14N4O3/c1-3-15-8(14)7-9-10-11-12(7)5-4-6(2)13/h6,13H,3-5H2,1-2H3. The fourth-order valence-electron chi connectivity index (χ4n) is 1.01. The Hall–Kier alpha value is -1.50. The Labute approximate surface area is 87.0 Å². The van der Waals surface area contributed by atoms with E-state index in [1.165, 1.54) is 4.68 Å². The summed E-state index contributed by atoms with van der Waals surface area (Å²) in [5, 5.41) is 19.7. The first-order valence-corrected chi connectivity index (χ1v) is 4.76. The molecule has 0 aliphatic rings. The lowest BCUT2D eigenvalue weighted by Gasteiger charge is -2.05. The first-order valence-electron chi connectivity index (χ1n) is 4.76. The molecule has 0 aliphatic carbocycles.